The molecule has 0 saturated carbocycles. The molecule has 0 saturated heterocycles. The highest BCUT2D eigenvalue weighted by atomic mass is 32.1. The smallest absolute Gasteiger partial charge is 0.331 e. The van der Waals surface area contributed by atoms with Crippen LogP contribution >= 0.6 is 11.3 Å². The summed E-state index contributed by atoms with van der Waals surface area (Å²) in [7, 11) is 0. The largest absolute Gasteiger partial charge is 0.490 e. The van der Waals surface area contributed by atoms with Crippen molar-refractivity contribution in [3.05, 3.63) is 52.2 Å². The van der Waals surface area contributed by atoms with Gasteiger partial charge in [-0.1, -0.05) is 12.1 Å². The molecule has 1 aromatic carbocycles. The van der Waals surface area contributed by atoms with E-state index >= 15 is 0 Å². The fraction of sp³-hybridized carbons (Fsp3) is 0.250. The molecule has 0 aliphatic heterocycles. The van der Waals surface area contributed by atoms with Crippen molar-refractivity contribution >= 4 is 35.2 Å². The quantitative estimate of drug-likeness (QED) is 0.511. The summed E-state index contributed by atoms with van der Waals surface area (Å²) in [4.78, 5) is 35.6. The fourth-order valence-corrected chi connectivity index (χ4v) is 2.77. The maximum atomic E-state index is 11.8. The van der Waals surface area contributed by atoms with Crippen LogP contribution < -0.4 is 14.8 Å². The van der Waals surface area contributed by atoms with Crippen molar-refractivity contribution in [2.75, 3.05) is 19.8 Å². The predicted molar refractivity (Wildman–Crippen MR) is 106 cm³/mol. The number of hydrogen-bond donors (Lipinski definition) is 1. The van der Waals surface area contributed by atoms with Crippen LogP contribution in [0.1, 0.15) is 29.1 Å². The van der Waals surface area contributed by atoms with Crippen molar-refractivity contribution in [3.8, 4) is 11.5 Å². The Labute approximate surface area is 166 Å². The van der Waals surface area contributed by atoms with E-state index in [1.54, 1.807) is 35.7 Å². The summed E-state index contributed by atoms with van der Waals surface area (Å²) in [5.74, 6) is -0.725. The third-order valence-corrected chi connectivity index (χ3v) is 4.19. The molecule has 0 radical (unpaired) electrons. The molecule has 2 aromatic rings. The lowest BCUT2D eigenvalue weighted by Gasteiger charge is -2.11. The van der Waals surface area contributed by atoms with E-state index in [1.807, 2.05) is 13.8 Å². The molecule has 0 atom stereocenters. The van der Waals surface area contributed by atoms with Crippen LogP contribution in [0.3, 0.4) is 0 Å². The highest BCUT2D eigenvalue weighted by Gasteiger charge is 2.12. The van der Waals surface area contributed by atoms with E-state index in [0.717, 1.165) is 0 Å². The zero-order valence-electron chi connectivity index (χ0n) is 15.6. The number of carbonyl (C=O) groups excluding carboxylic acids is 3. The molecule has 1 N–H and O–H groups in total. The summed E-state index contributed by atoms with van der Waals surface area (Å²) in [5, 5.41) is 3.88. The molecule has 0 fully saturated rings. The van der Waals surface area contributed by atoms with Crippen LogP contribution in [0.2, 0.25) is 0 Å². The second kappa shape index (κ2) is 10.9. The minimum atomic E-state index is -0.703. The first-order chi connectivity index (χ1) is 13.5. The topological polar surface area (TPSA) is 90.9 Å². The van der Waals surface area contributed by atoms with Crippen LogP contribution in [-0.2, 0) is 14.3 Å². The Morgan fingerprint density at radius 3 is 2.50 bits per heavy atom. The summed E-state index contributed by atoms with van der Waals surface area (Å²) in [6, 6.07) is 8.56. The molecule has 1 aromatic heterocycles. The highest BCUT2D eigenvalue weighted by Crippen LogP contribution is 2.29. The van der Waals surface area contributed by atoms with Gasteiger partial charge in [0.1, 0.15) is 0 Å². The van der Waals surface area contributed by atoms with Crippen LogP contribution in [0.25, 0.3) is 6.08 Å². The first-order valence-electron chi connectivity index (χ1n) is 8.65. The Bertz CT molecular complexity index is 844. The minimum Gasteiger partial charge on any atom is -0.490 e. The summed E-state index contributed by atoms with van der Waals surface area (Å²) in [6.45, 7) is 4.19. The first kappa shape index (κ1) is 21.2. The Kier molecular flexibility index (Phi) is 8.23. The standard InChI is InChI=1S/C20H21NO6S/c1-3-25-15-9-7-14(12-16(15)26-4-2)8-10-19(23)27-13-18(22)21-20(24)17-6-5-11-28-17/h5-12H,3-4,13H2,1-2H3,(H,21,22,24)/b10-8+. The van der Waals surface area contributed by atoms with Gasteiger partial charge in [0.25, 0.3) is 11.8 Å². The summed E-state index contributed by atoms with van der Waals surface area (Å²) in [5.41, 5.74) is 0.709. The SMILES string of the molecule is CCOc1ccc(/C=C/C(=O)OCC(=O)NC(=O)c2cccs2)cc1OCC. The Morgan fingerprint density at radius 1 is 1.07 bits per heavy atom. The average Bonchev–Trinajstić information content (AvgIpc) is 3.22. The van der Waals surface area contributed by atoms with Crippen LogP contribution in [-0.4, -0.2) is 37.6 Å². The van der Waals surface area contributed by atoms with Crippen LogP contribution in [0.15, 0.2) is 41.8 Å². The molecule has 0 unspecified atom stereocenters. The van der Waals surface area contributed by atoms with Crippen LogP contribution in [0.5, 0.6) is 11.5 Å². The van der Waals surface area contributed by atoms with Gasteiger partial charge in [-0.05, 0) is 49.1 Å². The summed E-state index contributed by atoms with van der Waals surface area (Å²) < 4.78 is 15.8. The van der Waals surface area contributed by atoms with E-state index in [4.69, 9.17) is 14.2 Å². The van der Waals surface area contributed by atoms with E-state index in [2.05, 4.69) is 5.32 Å². The lowest BCUT2D eigenvalue weighted by Crippen LogP contribution is -2.33. The lowest BCUT2D eigenvalue weighted by atomic mass is 10.2. The normalized spacial score (nSPS) is 10.5. The van der Waals surface area contributed by atoms with E-state index < -0.39 is 24.4 Å². The molecule has 0 aliphatic carbocycles. The van der Waals surface area contributed by atoms with Crippen molar-refractivity contribution in [2.24, 2.45) is 0 Å². The zero-order valence-corrected chi connectivity index (χ0v) is 16.4. The van der Waals surface area contributed by atoms with Gasteiger partial charge in [-0.25, -0.2) is 4.79 Å². The fourth-order valence-electron chi connectivity index (χ4n) is 2.15. The number of rotatable bonds is 9. The monoisotopic (exact) mass is 403 g/mol. The molecule has 28 heavy (non-hydrogen) atoms. The Morgan fingerprint density at radius 2 is 1.82 bits per heavy atom. The first-order valence-corrected chi connectivity index (χ1v) is 9.53. The van der Waals surface area contributed by atoms with Crippen molar-refractivity contribution in [3.63, 3.8) is 0 Å². The molecule has 1 heterocycles. The second-order valence-corrected chi connectivity index (χ2v) is 6.32. The van der Waals surface area contributed by atoms with Crippen molar-refractivity contribution in [1.29, 1.82) is 0 Å². The van der Waals surface area contributed by atoms with Gasteiger partial charge in [0.05, 0.1) is 18.1 Å². The number of hydrogen-bond acceptors (Lipinski definition) is 7. The number of carbonyl (C=O) groups is 3. The predicted octanol–water partition coefficient (Wildman–Crippen LogP) is 3.06. The van der Waals surface area contributed by atoms with E-state index in [-0.39, 0.29) is 0 Å². The van der Waals surface area contributed by atoms with Crippen LogP contribution in [0, 0.1) is 0 Å². The Hall–Kier alpha value is -3.13. The number of esters is 1. The number of ether oxygens (including phenoxy) is 3. The molecule has 8 heteroatoms. The average molecular weight is 403 g/mol. The summed E-state index contributed by atoms with van der Waals surface area (Å²) in [6.07, 6.45) is 2.73. The van der Waals surface area contributed by atoms with Crippen molar-refractivity contribution in [2.45, 2.75) is 13.8 Å². The van der Waals surface area contributed by atoms with Crippen LogP contribution in [0.4, 0.5) is 0 Å². The van der Waals surface area contributed by atoms with Crippen molar-refractivity contribution < 1.29 is 28.6 Å². The van der Waals surface area contributed by atoms with Gasteiger partial charge < -0.3 is 14.2 Å². The molecule has 0 aliphatic rings. The number of imide groups is 1. The number of nitrogens with one attached hydrogen (secondary N) is 1. The van der Waals surface area contributed by atoms with E-state index in [1.165, 1.54) is 23.5 Å². The maximum absolute atomic E-state index is 11.8. The second-order valence-electron chi connectivity index (χ2n) is 5.37. The molecule has 2 amide bonds. The van der Waals surface area contributed by atoms with E-state index in [9.17, 15) is 14.4 Å². The molecular formula is C20H21NO6S. The van der Waals surface area contributed by atoms with Gasteiger partial charge in [-0.2, -0.15) is 0 Å². The molecule has 7 nitrogen and oxygen atoms in total. The van der Waals surface area contributed by atoms with Crippen molar-refractivity contribution in [1.82, 2.24) is 5.32 Å². The maximum Gasteiger partial charge on any atom is 0.331 e. The molecule has 0 spiro atoms. The van der Waals surface area contributed by atoms with Gasteiger partial charge in [0, 0.05) is 6.08 Å². The molecular weight excluding hydrogens is 382 g/mol. The third kappa shape index (κ3) is 6.55. The lowest BCUT2D eigenvalue weighted by molar-refractivity contribution is -0.143. The Balaban J connectivity index is 1.86. The van der Waals surface area contributed by atoms with Gasteiger partial charge in [0.2, 0.25) is 0 Å². The van der Waals surface area contributed by atoms with Gasteiger partial charge in [-0.15, -0.1) is 11.3 Å². The molecule has 148 valence electrons. The van der Waals surface area contributed by atoms with E-state index in [0.29, 0.717) is 35.2 Å². The minimum absolute atomic E-state index is 0.403. The summed E-state index contributed by atoms with van der Waals surface area (Å²) >= 11 is 1.21. The number of thiophene rings is 1. The molecule has 2 rings (SSSR count). The number of benzene rings is 1. The molecule has 0 bridgehead atoms. The third-order valence-electron chi connectivity index (χ3n) is 3.32. The number of amides is 2. The van der Waals surface area contributed by atoms with Gasteiger partial charge >= 0.3 is 5.97 Å². The zero-order chi connectivity index (χ0) is 20.4. The van der Waals surface area contributed by atoms with Gasteiger partial charge in [0.15, 0.2) is 18.1 Å². The van der Waals surface area contributed by atoms with Gasteiger partial charge in [-0.3, -0.25) is 14.9 Å². The highest BCUT2D eigenvalue weighted by molar-refractivity contribution is 7.12.